The number of Topliss-reactive ketones (excluding diaryl/α,β-unsaturated/α-hetero) is 1. The van der Waals surface area contributed by atoms with Crippen molar-refractivity contribution >= 4 is 5.78 Å². The molecule has 72 valence electrons. The van der Waals surface area contributed by atoms with Crippen molar-refractivity contribution in [3.63, 3.8) is 0 Å². The van der Waals surface area contributed by atoms with Crippen LogP contribution < -0.4 is 0 Å². The van der Waals surface area contributed by atoms with Gasteiger partial charge in [0.15, 0.2) is 5.78 Å². The summed E-state index contributed by atoms with van der Waals surface area (Å²) in [5.41, 5.74) is 0. The molecule has 0 radical (unpaired) electrons. The average Bonchev–Trinajstić information content (AvgIpc) is 1.85. The molecule has 0 aliphatic rings. The van der Waals surface area contributed by atoms with Crippen LogP contribution in [0.15, 0.2) is 0 Å². The van der Waals surface area contributed by atoms with E-state index in [4.69, 9.17) is 0 Å². The number of ketones is 1. The van der Waals surface area contributed by atoms with Crippen LogP contribution in [0.2, 0.25) is 0 Å². The molecule has 5 heteroatoms. The van der Waals surface area contributed by atoms with Gasteiger partial charge in [0.1, 0.15) is 12.7 Å². The molecule has 1 atom stereocenters. The summed E-state index contributed by atoms with van der Waals surface area (Å²) < 4.78 is 39.1. The number of ether oxygens (including phenoxy) is 1. The number of halogens is 3. The molecule has 0 aliphatic heterocycles. The second kappa shape index (κ2) is 4.45. The van der Waals surface area contributed by atoms with E-state index in [2.05, 4.69) is 4.74 Å². The highest BCUT2D eigenvalue weighted by Gasteiger charge is 2.29. The third kappa shape index (κ3) is 5.12. The van der Waals surface area contributed by atoms with E-state index in [1.807, 2.05) is 0 Å². The van der Waals surface area contributed by atoms with Crippen LogP contribution in [-0.2, 0) is 9.53 Å². The summed E-state index contributed by atoms with van der Waals surface area (Å²) >= 11 is 0. The summed E-state index contributed by atoms with van der Waals surface area (Å²) in [5, 5.41) is 0. The summed E-state index contributed by atoms with van der Waals surface area (Å²) in [4.78, 5) is 10.6. The smallest absolute Gasteiger partial charge is 0.361 e. The Labute approximate surface area is 68.7 Å². The van der Waals surface area contributed by atoms with Gasteiger partial charge in [-0.25, -0.2) is 0 Å². The molecule has 0 saturated carbocycles. The van der Waals surface area contributed by atoms with Crippen molar-refractivity contribution in [1.82, 2.24) is 0 Å². The first-order valence-electron chi connectivity index (χ1n) is 3.55. The van der Waals surface area contributed by atoms with Gasteiger partial charge in [-0.15, -0.1) is 0 Å². The fourth-order valence-corrected chi connectivity index (χ4v) is 0.718. The van der Waals surface area contributed by atoms with Crippen LogP contribution >= 0.6 is 0 Å². The second-order valence-corrected chi connectivity index (χ2v) is 2.43. The van der Waals surface area contributed by atoms with Crippen LogP contribution in [0.25, 0.3) is 0 Å². The largest absolute Gasteiger partial charge is 0.411 e. The first-order valence-corrected chi connectivity index (χ1v) is 3.55. The van der Waals surface area contributed by atoms with Gasteiger partial charge in [-0.3, -0.25) is 4.79 Å². The van der Waals surface area contributed by atoms with Gasteiger partial charge in [0.2, 0.25) is 0 Å². The Bertz CT molecular complexity index is 153. The van der Waals surface area contributed by atoms with Gasteiger partial charge in [-0.2, -0.15) is 13.2 Å². The highest BCUT2D eigenvalue weighted by Crippen LogP contribution is 2.16. The summed E-state index contributed by atoms with van der Waals surface area (Å²) in [7, 11) is 0. The van der Waals surface area contributed by atoms with Crippen molar-refractivity contribution in [3.8, 4) is 0 Å². The Morgan fingerprint density at radius 2 is 2.00 bits per heavy atom. The molecule has 0 amide bonds. The van der Waals surface area contributed by atoms with Crippen molar-refractivity contribution < 1.29 is 22.7 Å². The zero-order chi connectivity index (χ0) is 9.78. The van der Waals surface area contributed by atoms with Crippen molar-refractivity contribution in [3.05, 3.63) is 0 Å². The van der Waals surface area contributed by atoms with E-state index in [-0.39, 0.29) is 12.2 Å². The monoisotopic (exact) mass is 184 g/mol. The van der Waals surface area contributed by atoms with Gasteiger partial charge in [0, 0.05) is 0 Å². The third-order valence-corrected chi connectivity index (χ3v) is 1.27. The normalized spacial score (nSPS) is 14.4. The summed E-state index contributed by atoms with van der Waals surface area (Å²) in [5.74, 6) is -0.373. The lowest BCUT2D eigenvalue weighted by atomic mass is 10.2. The molecule has 0 aromatic heterocycles. The lowest BCUT2D eigenvalue weighted by molar-refractivity contribution is -0.186. The number of hydrogen-bond acceptors (Lipinski definition) is 2. The van der Waals surface area contributed by atoms with Gasteiger partial charge in [-0.05, 0) is 13.3 Å². The number of alkyl halides is 3. The highest BCUT2D eigenvalue weighted by atomic mass is 19.4. The second-order valence-electron chi connectivity index (χ2n) is 2.43. The Balaban J connectivity index is 3.81. The number of carbonyl (C=O) groups excluding carboxylic acids is 1. The van der Waals surface area contributed by atoms with E-state index in [1.165, 1.54) is 6.92 Å². The van der Waals surface area contributed by atoms with Crippen LogP contribution in [0.4, 0.5) is 13.2 Å². The number of carbonyl (C=O) groups is 1. The maximum Gasteiger partial charge on any atom is 0.411 e. The molecule has 0 aliphatic carbocycles. The topological polar surface area (TPSA) is 26.3 Å². The minimum Gasteiger partial charge on any atom is -0.361 e. The van der Waals surface area contributed by atoms with Gasteiger partial charge in [0.05, 0.1) is 0 Å². The molecule has 0 spiro atoms. The van der Waals surface area contributed by atoms with Gasteiger partial charge in [0.25, 0.3) is 0 Å². The van der Waals surface area contributed by atoms with E-state index < -0.39 is 18.9 Å². The zero-order valence-corrected chi connectivity index (χ0v) is 6.94. The third-order valence-electron chi connectivity index (χ3n) is 1.27. The van der Waals surface area contributed by atoms with Crippen molar-refractivity contribution in [2.24, 2.45) is 0 Å². The Hall–Kier alpha value is -0.580. The lowest BCUT2D eigenvalue weighted by Gasteiger charge is -2.13. The van der Waals surface area contributed by atoms with Crippen molar-refractivity contribution in [1.29, 1.82) is 0 Å². The summed E-state index contributed by atoms with van der Waals surface area (Å²) in [6.07, 6.45) is -5.01. The fraction of sp³-hybridized carbons (Fsp3) is 0.857. The Kier molecular flexibility index (Phi) is 4.23. The molecular weight excluding hydrogens is 173 g/mol. The van der Waals surface area contributed by atoms with E-state index in [0.717, 1.165) is 0 Å². The molecule has 0 fully saturated rings. The molecule has 0 aromatic rings. The molecule has 0 heterocycles. The fourth-order valence-electron chi connectivity index (χ4n) is 0.718. The predicted octanol–water partition coefficient (Wildman–Crippen LogP) is 1.93. The van der Waals surface area contributed by atoms with Crippen LogP contribution in [0.5, 0.6) is 0 Å². The Morgan fingerprint density at radius 1 is 1.50 bits per heavy atom. The molecule has 2 nitrogen and oxygen atoms in total. The van der Waals surface area contributed by atoms with Gasteiger partial charge in [-0.1, -0.05) is 6.92 Å². The lowest BCUT2D eigenvalue weighted by Crippen LogP contribution is -2.27. The van der Waals surface area contributed by atoms with Gasteiger partial charge < -0.3 is 4.74 Å². The minimum absolute atomic E-state index is 0.269. The molecule has 0 bridgehead atoms. The average molecular weight is 184 g/mol. The molecule has 12 heavy (non-hydrogen) atoms. The molecule has 0 aromatic carbocycles. The zero-order valence-electron chi connectivity index (χ0n) is 6.94. The van der Waals surface area contributed by atoms with Crippen molar-refractivity contribution in [2.45, 2.75) is 32.5 Å². The Morgan fingerprint density at radius 3 is 2.25 bits per heavy atom. The van der Waals surface area contributed by atoms with Crippen LogP contribution in [-0.4, -0.2) is 24.7 Å². The molecular formula is C7H11F3O2. The maximum absolute atomic E-state index is 11.6. The number of hydrogen-bond donors (Lipinski definition) is 0. The van der Waals surface area contributed by atoms with Crippen LogP contribution in [0.3, 0.4) is 0 Å². The molecule has 0 saturated heterocycles. The van der Waals surface area contributed by atoms with Crippen molar-refractivity contribution in [2.75, 3.05) is 6.61 Å². The van der Waals surface area contributed by atoms with E-state index >= 15 is 0 Å². The van der Waals surface area contributed by atoms with E-state index in [0.29, 0.717) is 0 Å². The first-order chi connectivity index (χ1) is 5.37. The maximum atomic E-state index is 11.6. The van der Waals surface area contributed by atoms with Crippen LogP contribution in [0, 0.1) is 0 Å². The quantitative estimate of drug-likeness (QED) is 0.667. The molecule has 0 rings (SSSR count). The molecule has 0 N–H and O–H groups in total. The molecule has 0 unspecified atom stereocenters. The van der Waals surface area contributed by atoms with Gasteiger partial charge >= 0.3 is 6.18 Å². The summed E-state index contributed by atoms with van der Waals surface area (Å²) in [6, 6.07) is 0. The summed E-state index contributed by atoms with van der Waals surface area (Å²) in [6.45, 7) is 1.46. The highest BCUT2D eigenvalue weighted by molar-refractivity contribution is 5.80. The van der Waals surface area contributed by atoms with E-state index in [9.17, 15) is 18.0 Å². The standard InChI is InChI=1S/C7H11F3O2/c1-3-6(5(2)11)12-4-7(8,9)10/h6H,3-4H2,1-2H3/t6-/m1/s1. The predicted molar refractivity (Wildman–Crippen MR) is 36.8 cm³/mol. The van der Waals surface area contributed by atoms with E-state index in [1.54, 1.807) is 6.92 Å². The minimum atomic E-state index is -4.36. The first kappa shape index (κ1) is 11.4. The van der Waals surface area contributed by atoms with Crippen LogP contribution in [0.1, 0.15) is 20.3 Å². The number of rotatable bonds is 4. The SMILES string of the molecule is CC[C@@H](OCC(F)(F)F)C(C)=O.